The number of hydrogen-bond donors (Lipinski definition) is 1. The van der Waals surface area contributed by atoms with Crippen molar-refractivity contribution >= 4 is 29.3 Å². The monoisotopic (exact) mass is 276 g/mol. The molecule has 1 N–H and O–H groups in total. The Bertz CT molecular complexity index is 528. The molecule has 0 bridgehead atoms. The summed E-state index contributed by atoms with van der Waals surface area (Å²) >= 11 is 1.63. The van der Waals surface area contributed by atoms with E-state index < -0.39 is 0 Å². The number of benzene rings is 1. The second-order valence-electron chi connectivity index (χ2n) is 5.01. The minimum atomic E-state index is -0.320. The van der Waals surface area contributed by atoms with E-state index >= 15 is 0 Å². The van der Waals surface area contributed by atoms with Gasteiger partial charge in [-0.05, 0) is 43.2 Å². The molecule has 3 rings (SSSR count). The molecule has 0 radical (unpaired) electrons. The molecule has 1 aromatic rings. The third-order valence-electron chi connectivity index (χ3n) is 3.61. The maximum absolute atomic E-state index is 12.5. The van der Waals surface area contributed by atoms with Crippen molar-refractivity contribution < 1.29 is 9.59 Å². The summed E-state index contributed by atoms with van der Waals surface area (Å²) in [6.07, 6.45) is 4.07. The molecule has 19 heavy (non-hydrogen) atoms. The molecule has 5 heteroatoms. The quantitative estimate of drug-likeness (QED) is 0.854. The van der Waals surface area contributed by atoms with Crippen molar-refractivity contribution in [2.45, 2.75) is 23.8 Å². The van der Waals surface area contributed by atoms with Gasteiger partial charge in [0, 0.05) is 10.6 Å². The number of hydrogen-bond acceptors (Lipinski definition) is 3. The Balaban J connectivity index is 1.88. The van der Waals surface area contributed by atoms with E-state index in [2.05, 4.69) is 5.32 Å². The molecule has 1 saturated heterocycles. The normalized spacial score (nSPS) is 23.4. The van der Waals surface area contributed by atoms with Crippen molar-refractivity contribution in [3.05, 3.63) is 24.3 Å². The minimum Gasteiger partial charge on any atom is -0.342 e. The summed E-state index contributed by atoms with van der Waals surface area (Å²) in [4.78, 5) is 26.9. The summed E-state index contributed by atoms with van der Waals surface area (Å²) in [6.45, 7) is 0.125. The Hall–Kier alpha value is -1.49. The first-order valence-corrected chi connectivity index (χ1v) is 7.66. The first kappa shape index (κ1) is 12.5. The molecule has 4 nitrogen and oxygen atoms in total. The minimum absolute atomic E-state index is 0.0281. The maximum Gasteiger partial charge on any atom is 0.250 e. The van der Waals surface area contributed by atoms with Gasteiger partial charge in [0.2, 0.25) is 11.8 Å². The fraction of sp³-hybridized carbons (Fsp3) is 0.429. The van der Waals surface area contributed by atoms with Crippen LogP contribution < -0.4 is 10.2 Å². The third-order valence-corrected chi connectivity index (χ3v) is 4.33. The van der Waals surface area contributed by atoms with E-state index in [1.54, 1.807) is 16.7 Å². The van der Waals surface area contributed by atoms with Crippen LogP contribution in [0.1, 0.15) is 12.8 Å². The van der Waals surface area contributed by atoms with E-state index in [1.807, 2.05) is 30.5 Å². The molecule has 0 aromatic heterocycles. The van der Waals surface area contributed by atoms with Gasteiger partial charge in [-0.25, -0.2) is 0 Å². The van der Waals surface area contributed by atoms with Crippen LogP contribution in [-0.2, 0) is 9.59 Å². The van der Waals surface area contributed by atoms with Crippen LogP contribution in [0.5, 0.6) is 0 Å². The number of carbonyl (C=O) groups is 2. The molecule has 1 unspecified atom stereocenters. The number of nitrogens with one attached hydrogen (secondary N) is 1. The molecule has 1 atom stereocenters. The zero-order valence-electron chi connectivity index (χ0n) is 10.8. The lowest BCUT2D eigenvalue weighted by atomic mass is 10.1. The Kier molecular flexibility index (Phi) is 3.22. The second kappa shape index (κ2) is 4.89. The molecule has 1 aromatic carbocycles. The number of thioether (sulfide) groups is 1. The predicted molar refractivity (Wildman–Crippen MR) is 75.2 cm³/mol. The van der Waals surface area contributed by atoms with E-state index in [1.165, 1.54) is 0 Å². The van der Waals surface area contributed by atoms with Crippen molar-refractivity contribution in [1.82, 2.24) is 5.32 Å². The van der Waals surface area contributed by atoms with Crippen molar-refractivity contribution in [3.8, 4) is 0 Å². The Morgan fingerprint density at radius 1 is 1.32 bits per heavy atom. The van der Waals surface area contributed by atoms with Gasteiger partial charge in [0.1, 0.15) is 12.6 Å². The first-order chi connectivity index (χ1) is 9.19. The predicted octanol–water partition coefficient (Wildman–Crippen LogP) is 1.65. The van der Waals surface area contributed by atoms with E-state index in [9.17, 15) is 9.59 Å². The van der Waals surface area contributed by atoms with Gasteiger partial charge in [-0.2, -0.15) is 0 Å². The van der Waals surface area contributed by atoms with E-state index in [-0.39, 0.29) is 24.4 Å². The summed E-state index contributed by atoms with van der Waals surface area (Å²) < 4.78 is 0. The smallest absolute Gasteiger partial charge is 0.250 e. The zero-order valence-corrected chi connectivity index (χ0v) is 11.6. The third kappa shape index (κ3) is 2.47. The molecular weight excluding hydrogens is 260 g/mol. The van der Waals surface area contributed by atoms with Crippen LogP contribution in [0.4, 0.5) is 5.69 Å². The molecule has 2 amide bonds. The summed E-state index contributed by atoms with van der Waals surface area (Å²) in [5, 5.41) is 2.82. The van der Waals surface area contributed by atoms with E-state index in [0.29, 0.717) is 5.92 Å². The Morgan fingerprint density at radius 2 is 2.11 bits per heavy atom. The largest absolute Gasteiger partial charge is 0.342 e. The SMILES string of the molecule is CSc1cccc(N2CC(=O)NC(C3CC3)C2=O)c1. The first-order valence-electron chi connectivity index (χ1n) is 6.44. The van der Waals surface area contributed by atoms with Crippen molar-refractivity contribution in [2.75, 3.05) is 17.7 Å². The molecule has 1 heterocycles. The maximum atomic E-state index is 12.5. The number of nitrogens with zero attached hydrogens (tertiary/aromatic N) is 1. The number of anilines is 1. The van der Waals surface area contributed by atoms with Crippen LogP contribution in [0.15, 0.2) is 29.2 Å². The summed E-state index contributed by atoms with van der Waals surface area (Å²) in [5.41, 5.74) is 0.817. The van der Waals surface area contributed by atoms with Crippen LogP contribution >= 0.6 is 11.8 Å². The molecule has 1 aliphatic carbocycles. The number of amides is 2. The van der Waals surface area contributed by atoms with Gasteiger partial charge in [-0.1, -0.05) is 6.07 Å². The van der Waals surface area contributed by atoms with Gasteiger partial charge in [-0.3, -0.25) is 9.59 Å². The highest BCUT2D eigenvalue weighted by Crippen LogP contribution is 2.35. The number of piperazine rings is 1. The second-order valence-corrected chi connectivity index (χ2v) is 5.89. The van der Waals surface area contributed by atoms with Crippen molar-refractivity contribution in [3.63, 3.8) is 0 Å². The molecule has 2 aliphatic rings. The lowest BCUT2D eigenvalue weighted by Gasteiger charge is -2.32. The fourth-order valence-corrected chi connectivity index (χ4v) is 2.87. The van der Waals surface area contributed by atoms with E-state index in [4.69, 9.17) is 0 Å². The Labute approximate surface area is 116 Å². The summed E-state index contributed by atoms with van der Waals surface area (Å²) in [6, 6.07) is 7.46. The molecule has 100 valence electrons. The van der Waals surface area contributed by atoms with Crippen molar-refractivity contribution in [2.24, 2.45) is 5.92 Å². The van der Waals surface area contributed by atoms with Crippen LogP contribution in [0, 0.1) is 5.92 Å². The van der Waals surface area contributed by atoms with Gasteiger partial charge in [-0.15, -0.1) is 11.8 Å². The molecule has 0 spiro atoms. The summed E-state index contributed by atoms with van der Waals surface area (Å²) in [5.74, 6) is 0.300. The standard InChI is InChI=1S/C14H16N2O2S/c1-19-11-4-2-3-10(7-11)16-8-12(17)15-13(14(16)18)9-5-6-9/h2-4,7,9,13H,5-6,8H2,1H3,(H,15,17). The average molecular weight is 276 g/mol. The van der Waals surface area contributed by atoms with Crippen LogP contribution in [-0.4, -0.2) is 30.7 Å². The summed E-state index contributed by atoms with van der Waals surface area (Å²) in [7, 11) is 0. The fourth-order valence-electron chi connectivity index (χ4n) is 2.42. The van der Waals surface area contributed by atoms with Crippen molar-refractivity contribution in [1.29, 1.82) is 0 Å². The highest BCUT2D eigenvalue weighted by Gasteiger charge is 2.43. The van der Waals surface area contributed by atoms with Crippen LogP contribution in [0.25, 0.3) is 0 Å². The van der Waals surface area contributed by atoms with Crippen LogP contribution in [0.2, 0.25) is 0 Å². The highest BCUT2D eigenvalue weighted by atomic mass is 32.2. The van der Waals surface area contributed by atoms with Gasteiger partial charge >= 0.3 is 0 Å². The Morgan fingerprint density at radius 3 is 2.79 bits per heavy atom. The highest BCUT2D eigenvalue weighted by molar-refractivity contribution is 7.98. The van der Waals surface area contributed by atoms with Gasteiger partial charge in [0.05, 0.1) is 0 Å². The topological polar surface area (TPSA) is 49.4 Å². The van der Waals surface area contributed by atoms with E-state index in [0.717, 1.165) is 23.4 Å². The molecular formula is C14H16N2O2S. The number of carbonyl (C=O) groups excluding carboxylic acids is 2. The van der Waals surface area contributed by atoms with Gasteiger partial charge in [0.25, 0.3) is 0 Å². The zero-order chi connectivity index (χ0) is 13.4. The lowest BCUT2D eigenvalue weighted by molar-refractivity contribution is -0.131. The van der Waals surface area contributed by atoms with Gasteiger partial charge in [0.15, 0.2) is 0 Å². The molecule has 1 aliphatic heterocycles. The molecule has 2 fully saturated rings. The average Bonchev–Trinajstić information content (AvgIpc) is 3.25. The van der Waals surface area contributed by atoms with Gasteiger partial charge < -0.3 is 10.2 Å². The molecule has 1 saturated carbocycles. The lowest BCUT2D eigenvalue weighted by Crippen LogP contribution is -2.59. The number of rotatable bonds is 3. The van der Waals surface area contributed by atoms with Crippen LogP contribution in [0.3, 0.4) is 0 Å².